The van der Waals surface area contributed by atoms with Crippen molar-refractivity contribution in [2.45, 2.75) is 6.92 Å². The molecule has 2 aromatic rings. The first kappa shape index (κ1) is 17.5. The highest BCUT2D eigenvalue weighted by atomic mass is 35.5. The zero-order valence-electron chi connectivity index (χ0n) is 13.4. The summed E-state index contributed by atoms with van der Waals surface area (Å²) >= 11 is 11.2. The van der Waals surface area contributed by atoms with Gasteiger partial charge in [0.05, 0.1) is 10.6 Å². The van der Waals surface area contributed by atoms with Crippen molar-refractivity contribution in [3.63, 3.8) is 0 Å². The van der Waals surface area contributed by atoms with Crippen molar-refractivity contribution < 1.29 is 9.18 Å². The first-order valence-electron chi connectivity index (χ1n) is 7.76. The summed E-state index contributed by atoms with van der Waals surface area (Å²) in [7, 11) is 0. The summed E-state index contributed by atoms with van der Waals surface area (Å²) in [5.41, 5.74) is 2.57. The number of nitrogens with one attached hydrogen (secondary N) is 1. The van der Waals surface area contributed by atoms with Crippen molar-refractivity contribution in [1.29, 1.82) is 0 Å². The summed E-state index contributed by atoms with van der Waals surface area (Å²) in [5.74, 6) is -0.695. The van der Waals surface area contributed by atoms with Crippen LogP contribution in [0.5, 0.6) is 0 Å². The van der Waals surface area contributed by atoms with Crippen LogP contribution in [-0.2, 0) is 4.79 Å². The van der Waals surface area contributed by atoms with E-state index in [0.717, 1.165) is 11.1 Å². The summed E-state index contributed by atoms with van der Waals surface area (Å²) < 4.78 is 13.4. The second-order valence-electron chi connectivity index (χ2n) is 5.75. The molecule has 1 unspecified atom stereocenters. The fourth-order valence-corrected chi connectivity index (χ4v) is 3.04. The van der Waals surface area contributed by atoms with E-state index in [0.29, 0.717) is 16.1 Å². The number of para-hydroxylation sites is 1. The molecule has 1 amide bonds. The Balaban J connectivity index is 1.93. The van der Waals surface area contributed by atoms with E-state index in [2.05, 4.69) is 5.32 Å². The number of hydrogen-bond donors (Lipinski definition) is 1. The van der Waals surface area contributed by atoms with Crippen LogP contribution in [0.15, 0.2) is 66.3 Å². The van der Waals surface area contributed by atoms with E-state index in [1.165, 1.54) is 12.1 Å². The van der Waals surface area contributed by atoms with Crippen LogP contribution in [0, 0.1) is 11.7 Å². The molecule has 0 saturated carbocycles. The molecule has 0 heterocycles. The van der Waals surface area contributed by atoms with Crippen LogP contribution in [-0.4, -0.2) is 10.8 Å². The van der Waals surface area contributed by atoms with E-state index in [-0.39, 0.29) is 16.8 Å². The molecule has 0 spiro atoms. The molecule has 5 heteroatoms. The quantitative estimate of drug-likeness (QED) is 0.713. The number of carbonyl (C=O) groups is 1. The summed E-state index contributed by atoms with van der Waals surface area (Å²) in [5, 5.41) is 2.93. The molecule has 0 bridgehead atoms. The highest BCUT2D eigenvalue weighted by molar-refractivity contribution is 7.81. The molecule has 1 aliphatic carbocycles. The van der Waals surface area contributed by atoms with Gasteiger partial charge in [-0.2, -0.15) is 0 Å². The molecule has 0 saturated heterocycles. The smallest absolute Gasteiger partial charge is 0.256 e. The maximum atomic E-state index is 13.4. The predicted molar refractivity (Wildman–Crippen MR) is 104 cm³/mol. The highest BCUT2D eigenvalue weighted by Crippen LogP contribution is 2.31. The third-order valence-electron chi connectivity index (χ3n) is 3.99. The predicted octanol–water partition coefficient (Wildman–Crippen LogP) is 5.59. The van der Waals surface area contributed by atoms with Gasteiger partial charge in [0.25, 0.3) is 5.91 Å². The SMILES string of the molecule is CC1C=CC=C(C(=O)Nc2ccccc2-c2ccc(F)c(Cl)c2)C1=S. The first-order valence-corrected chi connectivity index (χ1v) is 8.54. The number of thiocarbonyl (C=S) groups is 1. The molecular formula is C20H15ClFNOS. The third-order valence-corrected chi connectivity index (χ3v) is 4.87. The minimum atomic E-state index is -0.481. The molecule has 0 radical (unpaired) electrons. The molecule has 1 atom stereocenters. The van der Waals surface area contributed by atoms with Crippen LogP contribution < -0.4 is 5.32 Å². The molecule has 0 aliphatic heterocycles. The van der Waals surface area contributed by atoms with Crippen LogP contribution in [0.3, 0.4) is 0 Å². The van der Waals surface area contributed by atoms with Gasteiger partial charge in [0.1, 0.15) is 5.82 Å². The van der Waals surface area contributed by atoms with Gasteiger partial charge in [-0.3, -0.25) is 4.79 Å². The van der Waals surface area contributed by atoms with Crippen molar-refractivity contribution in [3.05, 3.63) is 77.1 Å². The van der Waals surface area contributed by atoms with Crippen molar-refractivity contribution >= 4 is 40.3 Å². The Kier molecular flexibility index (Phi) is 5.11. The number of benzene rings is 2. The molecule has 2 aromatic carbocycles. The number of hydrogen-bond acceptors (Lipinski definition) is 2. The average molecular weight is 372 g/mol. The zero-order valence-corrected chi connectivity index (χ0v) is 15.0. The molecule has 0 aromatic heterocycles. The Labute approximate surface area is 156 Å². The maximum Gasteiger partial charge on any atom is 0.256 e. The minimum Gasteiger partial charge on any atom is -0.321 e. The molecule has 126 valence electrons. The van der Waals surface area contributed by atoms with Gasteiger partial charge in [-0.1, -0.05) is 67.2 Å². The molecule has 0 fully saturated rings. The van der Waals surface area contributed by atoms with Gasteiger partial charge in [-0.25, -0.2) is 4.39 Å². The summed E-state index contributed by atoms with van der Waals surface area (Å²) in [6, 6.07) is 11.8. The lowest BCUT2D eigenvalue weighted by Crippen LogP contribution is -2.24. The number of rotatable bonds is 3. The lowest BCUT2D eigenvalue weighted by atomic mass is 9.95. The van der Waals surface area contributed by atoms with E-state index in [1.807, 2.05) is 37.3 Å². The van der Waals surface area contributed by atoms with E-state index in [1.54, 1.807) is 18.2 Å². The van der Waals surface area contributed by atoms with Crippen molar-refractivity contribution in [2.24, 2.45) is 5.92 Å². The van der Waals surface area contributed by atoms with Crippen molar-refractivity contribution in [2.75, 3.05) is 5.32 Å². The van der Waals surface area contributed by atoms with E-state index < -0.39 is 5.82 Å². The summed E-state index contributed by atoms with van der Waals surface area (Å²) in [6.45, 7) is 1.95. The van der Waals surface area contributed by atoms with Gasteiger partial charge in [0.2, 0.25) is 0 Å². The average Bonchev–Trinajstić information content (AvgIpc) is 2.60. The molecule has 1 aliphatic rings. The molecular weight excluding hydrogens is 357 g/mol. The van der Waals surface area contributed by atoms with E-state index in [9.17, 15) is 9.18 Å². The highest BCUT2D eigenvalue weighted by Gasteiger charge is 2.21. The normalized spacial score (nSPS) is 16.5. The lowest BCUT2D eigenvalue weighted by Gasteiger charge is -2.17. The Morgan fingerprint density at radius 1 is 1.24 bits per heavy atom. The van der Waals surface area contributed by atoms with E-state index >= 15 is 0 Å². The lowest BCUT2D eigenvalue weighted by molar-refractivity contribution is -0.112. The summed E-state index contributed by atoms with van der Waals surface area (Å²) in [4.78, 5) is 13.3. The van der Waals surface area contributed by atoms with Gasteiger partial charge in [-0.05, 0) is 29.8 Å². The van der Waals surface area contributed by atoms with Gasteiger partial charge in [0, 0.05) is 22.0 Å². The largest absolute Gasteiger partial charge is 0.321 e. The Morgan fingerprint density at radius 2 is 2.00 bits per heavy atom. The van der Waals surface area contributed by atoms with E-state index in [4.69, 9.17) is 23.8 Å². The van der Waals surface area contributed by atoms with Crippen LogP contribution in [0.1, 0.15) is 6.92 Å². The minimum absolute atomic E-state index is 0.0359. The van der Waals surface area contributed by atoms with Crippen molar-refractivity contribution in [1.82, 2.24) is 0 Å². The third kappa shape index (κ3) is 3.70. The van der Waals surface area contributed by atoms with Crippen LogP contribution in [0.25, 0.3) is 11.1 Å². The second-order valence-corrected chi connectivity index (χ2v) is 6.59. The van der Waals surface area contributed by atoms with Crippen LogP contribution >= 0.6 is 23.8 Å². The van der Waals surface area contributed by atoms with Gasteiger partial charge in [-0.15, -0.1) is 0 Å². The van der Waals surface area contributed by atoms with Crippen molar-refractivity contribution in [3.8, 4) is 11.1 Å². The topological polar surface area (TPSA) is 29.1 Å². The van der Waals surface area contributed by atoms with Crippen LogP contribution in [0.2, 0.25) is 5.02 Å². The Bertz CT molecular complexity index is 920. The molecule has 25 heavy (non-hydrogen) atoms. The first-order chi connectivity index (χ1) is 12.0. The van der Waals surface area contributed by atoms with Gasteiger partial charge < -0.3 is 5.32 Å². The summed E-state index contributed by atoms with van der Waals surface area (Å²) in [6.07, 6.45) is 5.50. The number of carbonyl (C=O) groups excluding carboxylic acids is 1. The van der Waals surface area contributed by atoms with Crippen LogP contribution in [0.4, 0.5) is 10.1 Å². The Hall–Kier alpha value is -2.30. The second kappa shape index (κ2) is 7.30. The monoisotopic (exact) mass is 371 g/mol. The zero-order chi connectivity index (χ0) is 18.0. The number of halogens is 2. The number of amides is 1. The molecule has 2 nitrogen and oxygen atoms in total. The molecule has 3 rings (SSSR count). The fraction of sp³-hybridized carbons (Fsp3) is 0.100. The van der Waals surface area contributed by atoms with Gasteiger partial charge in [0.15, 0.2) is 0 Å². The van der Waals surface area contributed by atoms with Gasteiger partial charge >= 0.3 is 0 Å². The maximum absolute atomic E-state index is 13.4. The fourth-order valence-electron chi connectivity index (χ4n) is 2.62. The molecule has 1 N–H and O–H groups in total. The number of allylic oxidation sites excluding steroid dienone is 3. The number of anilines is 1. The standard InChI is InChI=1S/C20H15ClFNOS/c1-12-5-4-7-15(19(12)25)20(24)23-18-8-3-2-6-14(18)13-9-10-17(22)16(21)11-13/h2-12H,1H3,(H,23,24). The Morgan fingerprint density at radius 3 is 2.76 bits per heavy atom.